The molecule has 0 atom stereocenters. The molecule has 0 bridgehead atoms. The van der Waals surface area contributed by atoms with Crippen molar-refractivity contribution in [3.8, 4) is 0 Å². The predicted molar refractivity (Wildman–Crippen MR) is 89.7 cm³/mol. The first kappa shape index (κ1) is 16.2. The summed E-state index contributed by atoms with van der Waals surface area (Å²) in [6, 6.07) is 0. The topological polar surface area (TPSA) is 59.2 Å². The van der Waals surface area contributed by atoms with Crippen molar-refractivity contribution in [3.63, 3.8) is 0 Å². The molecule has 1 aliphatic heterocycles. The second kappa shape index (κ2) is 6.07. The molecular weight excluding hydrogens is 310 g/mol. The van der Waals surface area contributed by atoms with E-state index in [2.05, 4.69) is 24.0 Å². The fourth-order valence-corrected chi connectivity index (χ4v) is 4.08. The van der Waals surface area contributed by atoms with Gasteiger partial charge in [-0.2, -0.15) is 0 Å². The zero-order valence-corrected chi connectivity index (χ0v) is 15.0. The van der Waals surface area contributed by atoms with Gasteiger partial charge >= 0.3 is 0 Å². The molecule has 5 nitrogen and oxygen atoms in total. The summed E-state index contributed by atoms with van der Waals surface area (Å²) in [6.45, 7) is 9.68. The SMILES string of the molecule is Cc1cnc(C2(C)CCN(C(=O)Cc3c(C)noc3C)CC2)s1. The average Bonchev–Trinajstić information content (AvgIpc) is 3.09. The first-order chi connectivity index (χ1) is 10.9. The van der Waals surface area contributed by atoms with E-state index in [-0.39, 0.29) is 11.3 Å². The number of carbonyl (C=O) groups excluding carboxylic acids is 1. The second-order valence-corrected chi connectivity index (χ2v) is 7.93. The van der Waals surface area contributed by atoms with Crippen LogP contribution in [0.1, 0.15) is 46.7 Å². The van der Waals surface area contributed by atoms with Crippen molar-refractivity contribution < 1.29 is 9.32 Å². The normalized spacial score (nSPS) is 17.5. The molecule has 0 unspecified atom stereocenters. The Kier molecular flexibility index (Phi) is 4.27. The van der Waals surface area contributed by atoms with Gasteiger partial charge in [-0.05, 0) is 33.6 Å². The molecule has 2 aromatic rings. The van der Waals surface area contributed by atoms with E-state index in [0.717, 1.165) is 42.9 Å². The fourth-order valence-electron chi connectivity index (χ4n) is 3.11. The summed E-state index contributed by atoms with van der Waals surface area (Å²) >= 11 is 1.78. The van der Waals surface area contributed by atoms with Gasteiger partial charge in [0, 0.05) is 35.1 Å². The van der Waals surface area contributed by atoms with Gasteiger partial charge in [-0.25, -0.2) is 4.98 Å². The maximum Gasteiger partial charge on any atom is 0.227 e. The Morgan fingerprint density at radius 2 is 2.04 bits per heavy atom. The minimum absolute atomic E-state index is 0.0960. The third-order valence-electron chi connectivity index (χ3n) is 4.87. The van der Waals surface area contributed by atoms with Gasteiger partial charge in [0.2, 0.25) is 5.91 Å². The Morgan fingerprint density at radius 3 is 2.57 bits per heavy atom. The lowest BCUT2D eigenvalue weighted by Gasteiger charge is -2.38. The van der Waals surface area contributed by atoms with Gasteiger partial charge in [-0.1, -0.05) is 12.1 Å². The van der Waals surface area contributed by atoms with Crippen LogP contribution < -0.4 is 0 Å². The maximum absolute atomic E-state index is 12.6. The molecule has 0 aliphatic carbocycles. The Hall–Kier alpha value is -1.69. The highest BCUT2D eigenvalue weighted by atomic mass is 32.1. The Bertz CT molecular complexity index is 692. The molecule has 0 spiro atoms. The number of aromatic nitrogens is 2. The van der Waals surface area contributed by atoms with Crippen molar-refractivity contribution >= 4 is 17.2 Å². The molecule has 2 aromatic heterocycles. The summed E-state index contributed by atoms with van der Waals surface area (Å²) in [5.41, 5.74) is 1.84. The van der Waals surface area contributed by atoms with E-state index >= 15 is 0 Å². The zero-order chi connectivity index (χ0) is 16.6. The lowest BCUT2D eigenvalue weighted by Crippen LogP contribution is -2.44. The molecule has 0 N–H and O–H groups in total. The molecule has 1 fully saturated rings. The van der Waals surface area contributed by atoms with E-state index in [1.54, 1.807) is 11.3 Å². The van der Waals surface area contributed by atoms with Crippen LogP contribution in [-0.2, 0) is 16.6 Å². The quantitative estimate of drug-likeness (QED) is 0.865. The van der Waals surface area contributed by atoms with Crippen molar-refractivity contribution in [1.82, 2.24) is 15.0 Å². The molecular formula is C17H23N3O2S. The second-order valence-electron chi connectivity index (χ2n) is 6.70. The van der Waals surface area contributed by atoms with Crippen LogP contribution in [-0.4, -0.2) is 34.0 Å². The molecule has 1 aliphatic rings. The molecule has 124 valence electrons. The van der Waals surface area contributed by atoms with E-state index in [1.165, 1.54) is 9.88 Å². The van der Waals surface area contributed by atoms with Gasteiger partial charge in [-0.3, -0.25) is 4.79 Å². The highest BCUT2D eigenvalue weighted by Crippen LogP contribution is 2.37. The molecule has 0 aromatic carbocycles. The highest BCUT2D eigenvalue weighted by molar-refractivity contribution is 7.11. The van der Waals surface area contributed by atoms with E-state index < -0.39 is 0 Å². The minimum Gasteiger partial charge on any atom is -0.361 e. The molecule has 0 radical (unpaired) electrons. The molecule has 0 saturated carbocycles. The molecule has 6 heteroatoms. The standard InChI is InChI=1S/C17H23N3O2S/c1-11-10-18-16(23-11)17(4)5-7-20(8-6-17)15(21)9-14-12(2)19-22-13(14)3/h10H,5-9H2,1-4H3. The van der Waals surface area contributed by atoms with Crippen molar-refractivity contribution in [2.75, 3.05) is 13.1 Å². The maximum atomic E-state index is 12.6. The molecule has 23 heavy (non-hydrogen) atoms. The number of hydrogen-bond acceptors (Lipinski definition) is 5. The number of piperidine rings is 1. The zero-order valence-electron chi connectivity index (χ0n) is 14.2. The van der Waals surface area contributed by atoms with Crippen molar-refractivity contribution in [2.24, 2.45) is 0 Å². The van der Waals surface area contributed by atoms with Crippen LogP contribution in [0.2, 0.25) is 0 Å². The van der Waals surface area contributed by atoms with Crippen molar-refractivity contribution in [1.29, 1.82) is 0 Å². The van der Waals surface area contributed by atoms with Gasteiger partial charge in [0.25, 0.3) is 0 Å². The van der Waals surface area contributed by atoms with E-state index in [9.17, 15) is 4.79 Å². The Morgan fingerprint density at radius 1 is 1.35 bits per heavy atom. The number of amides is 1. The molecule has 3 rings (SSSR count). The average molecular weight is 333 g/mol. The van der Waals surface area contributed by atoms with Crippen LogP contribution in [0.3, 0.4) is 0 Å². The molecule has 1 saturated heterocycles. The van der Waals surface area contributed by atoms with Crippen LogP contribution in [0, 0.1) is 20.8 Å². The summed E-state index contributed by atoms with van der Waals surface area (Å²) in [6.07, 6.45) is 4.26. The first-order valence-corrected chi connectivity index (χ1v) is 8.83. The van der Waals surface area contributed by atoms with Crippen LogP contribution >= 0.6 is 11.3 Å². The Labute approximate surface area is 140 Å². The number of aryl methyl sites for hydroxylation is 3. The smallest absolute Gasteiger partial charge is 0.227 e. The molecule has 3 heterocycles. The molecule has 1 amide bonds. The van der Waals surface area contributed by atoms with Gasteiger partial charge < -0.3 is 9.42 Å². The van der Waals surface area contributed by atoms with E-state index in [1.807, 2.05) is 24.9 Å². The van der Waals surface area contributed by atoms with Gasteiger partial charge in [-0.15, -0.1) is 11.3 Å². The number of rotatable bonds is 3. The predicted octanol–water partition coefficient (Wildman–Crippen LogP) is 3.18. The lowest BCUT2D eigenvalue weighted by molar-refractivity contribution is -0.132. The fraction of sp³-hybridized carbons (Fsp3) is 0.588. The summed E-state index contributed by atoms with van der Waals surface area (Å²) in [5.74, 6) is 0.910. The Balaban J connectivity index is 1.63. The van der Waals surface area contributed by atoms with E-state index in [0.29, 0.717) is 6.42 Å². The minimum atomic E-state index is 0.0960. The van der Waals surface area contributed by atoms with Crippen LogP contribution in [0.15, 0.2) is 10.7 Å². The summed E-state index contributed by atoms with van der Waals surface area (Å²) in [7, 11) is 0. The van der Waals surface area contributed by atoms with Crippen LogP contribution in [0.5, 0.6) is 0 Å². The van der Waals surface area contributed by atoms with Crippen molar-refractivity contribution in [3.05, 3.63) is 33.1 Å². The largest absolute Gasteiger partial charge is 0.361 e. The van der Waals surface area contributed by atoms with Gasteiger partial charge in [0.1, 0.15) is 5.76 Å². The van der Waals surface area contributed by atoms with Gasteiger partial charge in [0.05, 0.1) is 17.1 Å². The highest BCUT2D eigenvalue weighted by Gasteiger charge is 2.35. The first-order valence-electron chi connectivity index (χ1n) is 8.01. The lowest BCUT2D eigenvalue weighted by atomic mass is 9.81. The summed E-state index contributed by atoms with van der Waals surface area (Å²) < 4.78 is 5.15. The summed E-state index contributed by atoms with van der Waals surface area (Å²) in [4.78, 5) is 20.3. The number of nitrogens with zero attached hydrogens (tertiary/aromatic N) is 3. The number of hydrogen-bond donors (Lipinski definition) is 0. The van der Waals surface area contributed by atoms with Crippen molar-refractivity contribution in [2.45, 2.75) is 52.4 Å². The number of carbonyl (C=O) groups is 1. The third-order valence-corrected chi connectivity index (χ3v) is 6.09. The van der Waals surface area contributed by atoms with Crippen LogP contribution in [0.4, 0.5) is 0 Å². The number of thiazole rings is 1. The van der Waals surface area contributed by atoms with Gasteiger partial charge in [0.15, 0.2) is 0 Å². The monoisotopic (exact) mass is 333 g/mol. The summed E-state index contributed by atoms with van der Waals surface area (Å²) in [5, 5.41) is 5.13. The van der Waals surface area contributed by atoms with Crippen LogP contribution in [0.25, 0.3) is 0 Å². The number of likely N-dealkylation sites (tertiary alicyclic amines) is 1. The van der Waals surface area contributed by atoms with E-state index in [4.69, 9.17) is 4.52 Å². The third kappa shape index (κ3) is 3.17.